The molecule has 1 heterocycles. The number of nitrogens with one attached hydrogen (secondary N) is 1. The molecule has 0 radical (unpaired) electrons. The summed E-state index contributed by atoms with van der Waals surface area (Å²) in [6.45, 7) is 0. The third-order valence-corrected chi connectivity index (χ3v) is 6.40. The van der Waals surface area contributed by atoms with Crippen molar-refractivity contribution in [2.24, 2.45) is 0 Å². The van der Waals surface area contributed by atoms with Crippen LogP contribution in [0.15, 0.2) is 83.8 Å². The van der Waals surface area contributed by atoms with Gasteiger partial charge >= 0.3 is 0 Å². The third-order valence-electron chi connectivity index (χ3n) is 5.15. The van der Waals surface area contributed by atoms with E-state index < -0.39 is 5.37 Å². The van der Waals surface area contributed by atoms with Gasteiger partial charge in [-0.05, 0) is 47.0 Å². The first-order valence-corrected chi connectivity index (χ1v) is 11.3. The smallest absolute Gasteiger partial charge is 0.280 e. The molecule has 0 aliphatic carbocycles. The van der Waals surface area contributed by atoms with Crippen LogP contribution < -0.4 is 14.9 Å². The molecule has 1 aliphatic heterocycles. The number of hydrogen-bond acceptors (Lipinski definition) is 5. The fourth-order valence-corrected chi connectivity index (χ4v) is 4.67. The van der Waals surface area contributed by atoms with Gasteiger partial charge in [0.25, 0.3) is 5.91 Å². The Labute approximate surface area is 197 Å². The second kappa shape index (κ2) is 10.3. The lowest BCUT2D eigenvalue weighted by atomic mass is 10.1. The van der Waals surface area contributed by atoms with E-state index in [0.717, 1.165) is 22.4 Å². The summed E-state index contributed by atoms with van der Waals surface area (Å²) < 4.78 is 10.5. The molecule has 1 unspecified atom stereocenters. The molecule has 7 heteroatoms. The Morgan fingerprint density at radius 3 is 2.39 bits per heavy atom. The highest BCUT2D eigenvalue weighted by Gasteiger charge is 2.38. The maximum absolute atomic E-state index is 13.3. The highest BCUT2D eigenvalue weighted by molar-refractivity contribution is 8.04. The summed E-state index contributed by atoms with van der Waals surface area (Å²) in [5.74, 6) is 0.917. The lowest BCUT2D eigenvalue weighted by molar-refractivity contribution is -0.137. The highest BCUT2D eigenvalue weighted by Crippen LogP contribution is 2.45. The van der Waals surface area contributed by atoms with Crippen LogP contribution in [-0.2, 0) is 16.0 Å². The van der Waals surface area contributed by atoms with E-state index in [1.807, 2.05) is 84.9 Å². The molecule has 1 fully saturated rings. The van der Waals surface area contributed by atoms with Crippen molar-refractivity contribution in [3.8, 4) is 11.5 Å². The summed E-state index contributed by atoms with van der Waals surface area (Å²) in [5, 5.41) is 1.00. The molecule has 3 aromatic rings. The van der Waals surface area contributed by atoms with Crippen LogP contribution in [0.4, 0.5) is 0 Å². The Kier molecular flexibility index (Phi) is 7.00. The van der Waals surface area contributed by atoms with Crippen molar-refractivity contribution in [2.75, 3.05) is 14.2 Å². The molecule has 0 spiro atoms. The molecule has 0 saturated carbocycles. The second-order valence-corrected chi connectivity index (χ2v) is 8.52. The zero-order chi connectivity index (χ0) is 23.2. The minimum absolute atomic E-state index is 0.180. The minimum Gasteiger partial charge on any atom is -0.497 e. The van der Waals surface area contributed by atoms with Crippen LogP contribution in [0.25, 0.3) is 6.08 Å². The summed E-state index contributed by atoms with van der Waals surface area (Å²) in [6, 6.07) is 24.4. The third kappa shape index (κ3) is 5.38. The van der Waals surface area contributed by atoms with Gasteiger partial charge in [-0.3, -0.25) is 15.0 Å². The molecule has 0 aromatic heterocycles. The zero-order valence-corrected chi connectivity index (χ0v) is 19.2. The molecule has 3 aromatic carbocycles. The van der Waals surface area contributed by atoms with Crippen molar-refractivity contribution >= 4 is 29.7 Å². The van der Waals surface area contributed by atoms with Crippen LogP contribution in [0, 0.1) is 0 Å². The van der Waals surface area contributed by atoms with Crippen molar-refractivity contribution in [3.63, 3.8) is 0 Å². The predicted molar refractivity (Wildman–Crippen MR) is 129 cm³/mol. The van der Waals surface area contributed by atoms with E-state index >= 15 is 0 Å². The number of rotatable bonds is 7. The van der Waals surface area contributed by atoms with E-state index in [0.29, 0.717) is 10.7 Å². The summed E-state index contributed by atoms with van der Waals surface area (Å²) in [6.07, 6.45) is 1.99. The average Bonchev–Trinajstić information content (AvgIpc) is 3.14. The monoisotopic (exact) mass is 460 g/mol. The summed E-state index contributed by atoms with van der Waals surface area (Å²) in [4.78, 5) is 26.6. The summed E-state index contributed by atoms with van der Waals surface area (Å²) in [7, 11) is 3.21. The standard InChI is InChI=1S/C26H24N2O4S/c1-31-21-13-11-20(12-14-21)26-28(27-24(29)17-18-7-4-3-5-8-18)25(30)23(33-26)16-19-9-6-10-22(15-19)32-2/h3-16,26H,17H2,1-2H3,(H,27,29)/b23-16-. The minimum atomic E-state index is -0.403. The van der Waals surface area contributed by atoms with E-state index in [1.54, 1.807) is 14.2 Å². The summed E-state index contributed by atoms with van der Waals surface area (Å²) in [5.41, 5.74) is 5.42. The molecule has 4 rings (SSSR count). The van der Waals surface area contributed by atoms with Crippen molar-refractivity contribution in [1.29, 1.82) is 0 Å². The Morgan fingerprint density at radius 1 is 0.970 bits per heavy atom. The first kappa shape index (κ1) is 22.5. The van der Waals surface area contributed by atoms with E-state index in [1.165, 1.54) is 16.8 Å². The quantitative estimate of drug-likeness (QED) is 0.522. The Bertz CT molecular complexity index is 1160. The van der Waals surface area contributed by atoms with Gasteiger partial charge in [-0.1, -0.05) is 66.4 Å². The maximum atomic E-state index is 13.3. The van der Waals surface area contributed by atoms with Gasteiger partial charge in [0, 0.05) is 0 Å². The fourth-order valence-electron chi connectivity index (χ4n) is 3.48. The zero-order valence-electron chi connectivity index (χ0n) is 18.4. The van der Waals surface area contributed by atoms with E-state index in [2.05, 4.69) is 5.43 Å². The maximum Gasteiger partial charge on any atom is 0.280 e. The van der Waals surface area contributed by atoms with E-state index in [9.17, 15) is 9.59 Å². The molecular formula is C26H24N2O4S. The number of thioether (sulfide) groups is 1. The molecule has 0 bridgehead atoms. The average molecular weight is 461 g/mol. The molecule has 2 amide bonds. The number of nitrogens with zero attached hydrogens (tertiary/aromatic N) is 1. The van der Waals surface area contributed by atoms with Gasteiger partial charge in [0.15, 0.2) is 0 Å². The van der Waals surface area contributed by atoms with E-state index in [4.69, 9.17) is 9.47 Å². The van der Waals surface area contributed by atoms with Crippen LogP contribution in [0.2, 0.25) is 0 Å². The lowest BCUT2D eigenvalue weighted by Crippen LogP contribution is -2.44. The van der Waals surface area contributed by atoms with Crippen LogP contribution in [-0.4, -0.2) is 31.0 Å². The first-order valence-electron chi connectivity index (χ1n) is 10.4. The van der Waals surface area contributed by atoms with Crippen molar-refractivity contribution in [3.05, 3.63) is 100 Å². The Balaban J connectivity index is 1.61. The topological polar surface area (TPSA) is 67.9 Å². The van der Waals surface area contributed by atoms with Crippen molar-refractivity contribution < 1.29 is 19.1 Å². The normalized spacial score (nSPS) is 16.7. The number of carbonyl (C=O) groups excluding carboxylic acids is 2. The number of ether oxygens (including phenoxy) is 2. The van der Waals surface area contributed by atoms with Crippen LogP contribution >= 0.6 is 11.8 Å². The van der Waals surface area contributed by atoms with Gasteiger partial charge in [0.2, 0.25) is 5.91 Å². The van der Waals surface area contributed by atoms with Gasteiger partial charge < -0.3 is 9.47 Å². The molecule has 6 nitrogen and oxygen atoms in total. The molecule has 1 atom stereocenters. The van der Waals surface area contributed by atoms with Crippen molar-refractivity contribution in [2.45, 2.75) is 11.8 Å². The number of methoxy groups -OCH3 is 2. The SMILES string of the molecule is COc1ccc(C2S/C(=C\c3cccc(OC)c3)C(=O)N2NC(=O)Cc2ccccc2)cc1. The number of carbonyl (C=O) groups is 2. The van der Waals surface area contributed by atoms with Crippen molar-refractivity contribution in [1.82, 2.24) is 10.4 Å². The molecule has 1 saturated heterocycles. The largest absolute Gasteiger partial charge is 0.497 e. The number of amides is 2. The molecule has 168 valence electrons. The first-order chi connectivity index (χ1) is 16.1. The van der Waals surface area contributed by atoms with Gasteiger partial charge in [-0.15, -0.1) is 0 Å². The Morgan fingerprint density at radius 2 is 1.70 bits per heavy atom. The fraction of sp³-hybridized carbons (Fsp3) is 0.154. The molecule has 33 heavy (non-hydrogen) atoms. The van der Waals surface area contributed by atoms with Gasteiger partial charge in [0.05, 0.1) is 25.5 Å². The van der Waals surface area contributed by atoms with Crippen LogP contribution in [0.5, 0.6) is 11.5 Å². The number of hydrazine groups is 1. The Hall–Kier alpha value is -3.71. The predicted octanol–water partition coefficient (Wildman–Crippen LogP) is 4.59. The second-order valence-electron chi connectivity index (χ2n) is 7.40. The van der Waals surface area contributed by atoms with Crippen LogP contribution in [0.3, 0.4) is 0 Å². The lowest BCUT2D eigenvalue weighted by Gasteiger charge is -2.24. The van der Waals surface area contributed by atoms with Crippen LogP contribution in [0.1, 0.15) is 22.1 Å². The number of hydrogen-bond donors (Lipinski definition) is 1. The van der Waals surface area contributed by atoms with Gasteiger partial charge in [-0.25, -0.2) is 5.01 Å². The van der Waals surface area contributed by atoms with Gasteiger partial charge in [-0.2, -0.15) is 0 Å². The van der Waals surface area contributed by atoms with E-state index in [-0.39, 0.29) is 18.2 Å². The molecular weight excluding hydrogens is 436 g/mol. The molecule has 1 N–H and O–H groups in total. The summed E-state index contributed by atoms with van der Waals surface area (Å²) >= 11 is 1.39. The highest BCUT2D eigenvalue weighted by atomic mass is 32.2. The molecule has 1 aliphatic rings. The van der Waals surface area contributed by atoms with Gasteiger partial charge in [0.1, 0.15) is 16.9 Å². The number of benzene rings is 3.